The lowest BCUT2D eigenvalue weighted by Crippen LogP contribution is -2.30. The Morgan fingerprint density at radius 3 is 2.64 bits per heavy atom. The van der Waals surface area contributed by atoms with Crippen LogP contribution in [0.1, 0.15) is 28.4 Å². The lowest BCUT2D eigenvalue weighted by molar-refractivity contribution is 0.101. The molecule has 0 spiro atoms. The van der Waals surface area contributed by atoms with Crippen molar-refractivity contribution in [3.05, 3.63) is 65.4 Å². The summed E-state index contributed by atoms with van der Waals surface area (Å²) in [4.78, 5) is 14.6. The van der Waals surface area contributed by atoms with E-state index in [9.17, 15) is 4.79 Å². The van der Waals surface area contributed by atoms with Crippen molar-refractivity contribution in [2.45, 2.75) is 20.3 Å². The summed E-state index contributed by atoms with van der Waals surface area (Å²) in [5, 5.41) is 8.20. The summed E-state index contributed by atoms with van der Waals surface area (Å²) in [5.41, 5.74) is 5.25. The van der Waals surface area contributed by atoms with Crippen LogP contribution in [0, 0.1) is 6.92 Å². The van der Waals surface area contributed by atoms with Gasteiger partial charge < -0.3 is 15.6 Å². The van der Waals surface area contributed by atoms with Crippen LogP contribution >= 0.6 is 12.2 Å². The normalized spacial score (nSPS) is 10.6. The molecule has 0 amide bonds. The maximum absolute atomic E-state index is 11.3. The number of rotatable bonds is 5. The number of aromatic amines is 1. The van der Waals surface area contributed by atoms with Crippen LogP contribution in [0.3, 0.4) is 0 Å². The number of benzene rings is 2. The Labute approximate surface area is 152 Å². The number of hydrogen-bond donors (Lipinski definition) is 3. The maximum Gasteiger partial charge on any atom is 0.170 e. The number of aryl methyl sites for hydroxylation is 1. The molecule has 4 nitrogen and oxygen atoms in total. The van der Waals surface area contributed by atoms with Crippen molar-refractivity contribution in [3.8, 4) is 0 Å². The van der Waals surface area contributed by atoms with Gasteiger partial charge in [0.05, 0.1) is 0 Å². The number of carbonyl (C=O) groups excluding carboxylic acids is 1. The smallest absolute Gasteiger partial charge is 0.170 e. The molecule has 0 radical (unpaired) electrons. The number of fused-ring (bicyclic) bond motifs is 1. The predicted octanol–water partition coefficient (Wildman–Crippen LogP) is 4.21. The lowest BCUT2D eigenvalue weighted by atomic mass is 10.1. The third kappa shape index (κ3) is 4.25. The van der Waals surface area contributed by atoms with Crippen LogP contribution in [-0.2, 0) is 6.42 Å². The zero-order valence-electron chi connectivity index (χ0n) is 14.3. The highest BCUT2D eigenvalue weighted by Crippen LogP contribution is 2.19. The number of Topliss-reactive ketones (excluding diaryl/α,β-unsaturated/α-hetero) is 1. The largest absolute Gasteiger partial charge is 0.362 e. The first-order valence-electron chi connectivity index (χ1n) is 8.25. The maximum atomic E-state index is 11.3. The van der Waals surface area contributed by atoms with E-state index in [0.29, 0.717) is 10.7 Å². The Morgan fingerprint density at radius 2 is 1.92 bits per heavy atom. The number of anilines is 1. The SMILES string of the molecule is CC(=O)c1ccc(NC(=S)NCCc2c[nH]c3ccc(C)cc23)cc1. The van der Waals surface area contributed by atoms with Gasteiger partial charge in [-0.05, 0) is 74.4 Å². The lowest BCUT2D eigenvalue weighted by Gasteiger charge is -2.10. The van der Waals surface area contributed by atoms with Crippen LogP contribution in [0.25, 0.3) is 10.9 Å². The number of carbonyl (C=O) groups is 1. The highest BCUT2D eigenvalue weighted by molar-refractivity contribution is 7.80. The molecule has 1 heterocycles. The Kier molecular flexibility index (Phi) is 5.14. The summed E-state index contributed by atoms with van der Waals surface area (Å²) in [7, 11) is 0. The number of thiocarbonyl (C=S) groups is 1. The van der Waals surface area contributed by atoms with Gasteiger partial charge in [0, 0.05) is 34.9 Å². The van der Waals surface area contributed by atoms with Crippen molar-refractivity contribution in [1.29, 1.82) is 0 Å². The van der Waals surface area contributed by atoms with Crippen LogP contribution < -0.4 is 10.6 Å². The third-order valence-electron chi connectivity index (χ3n) is 4.15. The Bertz CT molecular complexity index is 912. The summed E-state index contributed by atoms with van der Waals surface area (Å²) in [6.45, 7) is 4.41. The molecule has 0 aliphatic rings. The van der Waals surface area contributed by atoms with Crippen molar-refractivity contribution in [1.82, 2.24) is 10.3 Å². The van der Waals surface area contributed by atoms with Gasteiger partial charge in [0.25, 0.3) is 0 Å². The molecule has 0 saturated heterocycles. The summed E-state index contributed by atoms with van der Waals surface area (Å²) in [5.74, 6) is 0.0567. The van der Waals surface area contributed by atoms with E-state index in [-0.39, 0.29) is 5.78 Å². The van der Waals surface area contributed by atoms with Crippen molar-refractivity contribution in [3.63, 3.8) is 0 Å². The number of nitrogens with one attached hydrogen (secondary N) is 3. The molecule has 0 atom stereocenters. The summed E-state index contributed by atoms with van der Waals surface area (Å²) >= 11 is 5.33. The van der Waals surface area contributed by atoms with E-state index in [1.807, 2.05) is 12.1 Å². The zero-order valence-corrected chi connectivity index (χ0v) is 15.2. The average Bonchev–Trinajstić information content (AvgIpc) is 2.97. The van der Waals surface area contributed by atoms with Crippen LogP contribution in [-0.4, -0.2) is 22.4 Å². The molecule has 2 aromatic carbocycles. The van der Waals surface area contributed by atoms with Crippen molar-refractivity contribution >= 4 is 39.7 Å². The Morgan fingerprint density at radius 1 is 1.16 bits per heavy atom. The average molecular weight is 351 g/mol. The minimum atomic E-state index is 0.0567. The van der Waals surface area contributed by atoms with Gasteiger partial charge in [-0.2, -0.15) is 0 Å². The fourth-order valence-electron chi connectivity index (χ4n) is 2.77. The first kappa shape index (κ1) is 17.2. The van der Waals surface area contributed by atoms with Crippen molar-refractivity contribution in [2.24, 2.45) is 0 Å². The van der Waals surface area contributed by atoms with E-state index in [1.54, 1.807) is 19.1 Å². The summed E-state index contributed by atoms with van der Waals surface area (Å²) in [6, 6.07) is 13.7. The van der Waals surface area contributed by atoms with Crippen molar-refractivity contribution < 1.29 is 4.79 Å². The summed E-state index contributed by atoms with van der Waals surface area (Å²) in [6.07, 6.45) is 2.94. The first-order chi connectivity index (χ1) is 12.0. The standard InChI is InChI=1S/C20H21N3OS/c1-13-3-8-19-18(11-13)16(12-22-19)9-10-21-20(25)23-17-6-4-15(5-7-17)14(2)24/h3-8,11-12,22H,9-10H2,1-2H3,(H2,21,23,25). The molecule has 0 bridgehead atoms. The first-order valence-corrected chi connectivity index (χ1v) is 8.66. The van der Waals surface area contributed by atoms with Gasteiger partial charge in [-0.15, -0.1) is 0 Å². The zero-order chi connectivity index (χ0) is 17.8. The molecule has 0 aliphatic carbocycles. The molecule has 5 heteroatoms. The van der Waals surface area contributed by atoms with E-state index in [1.165, 1.54) is 16.5 Å². The van der Waals surface area contributed by atoms with E-state index < -0.39 is 0 Å². The second-order valence-corrected chi connectivity index (χ2v) is 6.54. The molecule has 3 N–H and O–H groups in total. The van der Waals surface area contributed by atoms with Crippen molar-refractivity contribution in [2.75, 3.05) is 11.9 Å². The second-order valence-electron chi connectivity index (χ2n) is 6.13. The molecule has 1 aromatic heterocycles. The predicted molar refractivity (Wildman–Crippen MR) is 107 cm³/mol. The Hall–Kier alpha value is -2.66. The molecular weight excluding hydrogens is 330 g/mol. The van der Waals surface area contributed by atoms with Gasteiger partial charge in [0.15, 0.2) is 10.9 Å². The van der Waals surface area contributed by atoms with Gasteiger partial charge in [-0.1, -0.05) is 11.6 Å². The number of ketones is 1. The van der Waals surface area contributed by atoms with Crippen LogP contribution in [0.2, 0.25) is 0 Å². The van der Waals surface area contributed by atoms with E-state index in [0.717, 1.165) is 24.2 Å². The van der Waals surface area contributed by atoms with Gasteiger partial charge in [0.2, 0.25) is 0 Å². The molecule has 0 saturated carbocycles. The summed E-state index contributed by atoms with van der Waals surface area (Å²) < 4.78 is 0. The van der Waals surface area contributed by atoms with E-state index in [4.69, 9.17) is 12.2 Å². The molecule has 0 aliphatic heterocycles. The highest BCUT2D eigenvalue weighted by Gasteiger charge is 2.05. The van der Waals surface area contributed by atoms with Crippen LogP contribution in [0.4, 0.5) is 5.69 Å². The second kappa shape index (κ2) is 7.49. The van der Waals surface area contributed by atoms with Gasteiger partial charge in [-0.25, -0.2) is 0 Å². The molecule has 3 rings (SSSR count). The third-order valence-corrected chi connectivity index (χ3v) is 4.40. The minimum absolute atomic E-state index is 0.0567. The molecule has 0 fully saturated rings. The van der Waals surface area contributed by atoms with E-state index in [2.05, 4.69) is 46.9 Å². The number of hydrogen-bond acceptors (Lipinski definition) is 2. The molecule has 0 unspecified atom stereocenters. The molecule has 3 aromatic rings. The fraction of sp³-hybridized carbons (Fsp3) is 0.200. The number of H-pyrrole nitrogens is 1. The topological polar surface area (TPSA) is 56.9 Å². The van der Waals surface area contributed by atoms with Crippen LogP contribution in [0.5, 0.6) is 0 Å². The number of aromatic nitrogens is 1. The monoisotopic (exact) mass is 351 g/mol. The minimum Gasteiger partial charge on any atom is -0.362 e. The van der Waals surface area contributed by atoms with E-state index >= 15 is 0 Å². The van der Waals surface area contributed by atoms with Crippen LogP contribution in [0.15, 0.2) is 48.7 Å². The molecule has 25 heavy (non-hydrogen) atoms. The van der Waals surface area contributed by atoms with Gasteiger partial charge in [-0.3, -0.25) is 4.79 Å². The molecular formula is C20H21N3OS. The Balaban J connectivity index is 1.53. The van der Waals surface area contributed by atoms with Gasteiger partial charge in [0.1, 0.15) is 0 Å². The highest BCUT2D eigenvalue weighted by atomic mass is 32.1. The fourth-order valence-corrected chi connectivity index (χ4v) is 2.99. The molecule has 128 valence electrons. The quantitative estimate of drug-likeness (QED) is 0.476. The van der Waals surface area contributed by atoms with Gasteiger partial charge >= 0.3 is 0 Å².